The maximum absolute atomic E-state index is 12.1. The molecule has 3 rings (SSSR count). The van der Waals surface area contributed by atoms with Gasteiger partial charge in [0.25, 0.3) is 0 Å². The second-order valence-corrected chi connectivity index (χ2v) is 5.76. The summed E-state index contributed by atoms with van der Waals surface area (Å²) in [5.41, 5.74) is 1.23. The average molecular weight is 266 g/mol. The number of carbonyl (C=O) groups excluding carboxylic acids is 1. The Bertz CT molecular complexity index is 493. The number of aliphatic carboxylic acids is 1. The Balaban J connectivity index is 1.61. The van der Waals surface area contributed by atoms with E-state index in [4.69, 9.17) is 5.11 Å². The second-order valence-electron chi connectivity index (χ2n) is 4.76. The monoisotopic (exact) mass is 266 g/mol. The van der Waals surface area contributed by atoms with Crippen LogP contribution in [0.5, 0.6) is 0 Å². The van der Waals surface area contributed by atoms with Gasteiger partial charge in [-0.15, -0.1) is 11.3 Å². The van der Waals surface area contributed by atoms with Crippen LogP contribution in [0.15, 0.2) is 11.4 Å². The molecule has 6 heteroatoms. The number of likely N-dealkylation sites (tertiary alicyclic amines) is 1. The summed E-state index contributed by atoms with van der Waals surface area (Å²) in [4.78, 5) is 27.6. The standard InChI is InChI=1S/C12H14N2O3S/c15-11(16)9-6-14(7-9)12(17)13-3-1-10-8(5-13)2-4-18-10/h2,4,9H,1,3,5-7H2,(H,15,16). The normalized spacial score (nSPS) is 19.3. The van der Waals surface area contributed by atoms with Crippen LogP contribution in [0.1, 0.15) is 10.4 Å². The van der Waals surface area contributed by atoms with Crippen molar-refractivity contribution in [1.29, 1.82) is 0 Å². The molecular formula is C12H14N2O3S. The predicted molar refractivity (Wildman–Crippen MR) is 66.5 cm³/mol. The SMILES string of the molecule is O=C(O)C1CN(C(=O)N2CCc3sccc3C2)C1. The van der Waals surface area contributed by atoms with E-state index in [0.29, 0.717) is 19.6 Å². The molecule has 0 saturated carbocycles. The highest BCUT2D eigenvalue weighted by Crippen LogP contribution is 2.26. The average Bonchev–Trinajstić information content (AvgIpc) is 2.72. The first-order valence-corrected chi connectivity index (χ1v) is 6.85. The highest BCUT2D eigenvalue weighted by atomic mass is 32.1. The van der Waals surface area contributed by atoms with Crippen LogP contribution in [0.4, 0.5) is 4.79 Å². The zero-order valence-corrected chi connectivity index (χ0v) is 10.7. The third kappa shape index (κ3) is 1.86. The molecule has 2 aliphatic heterocycles. The van der Waals surface area contributed by atoms with E-state index in [1.54, 1.807) is 16.2 Å². The van der Waals surface area contributed by atoms with Crippen LogP contribution >= 0.6 is 11.3 Å². The van der Waals surface area contributed by atoms with Crippen molar-refractivity contribution in [2.75, 3.05) is 19.6 Å². The van der Waals surface area contributed by atoms with Gasteiger partial charge in [-0.3, -0.25) is 4.79 Å². The van der Waals surface area contributed by atoms with Crippen molar-refractivity contribution in [3.8, 4) is 0 Å². The van der Waals surface area contributed by atoms with Gasteiger partial charge in [0.05, 0.1) is 5.92 Å². The molecule has 0 unspecified atom stereocenters. The fraction of sp³-hybridized carbons (Fsp3) is 0.500. The predicted octanol–water partition coefficient (Wildman–Crippen LogP) is 1.24. The molecule has 0 atom stereocenters. The molecule has 5 nitrogen and oxygen atoms in total. The fourth-order valence-corrected chi connectivity index (χ4v) is 3.29. The van der Waals surface area contributed by atoms with E-state index in [-0.39, 0.29) is 11.9 Å². The van der Waals surface area contributed by atoms with Crippen molar-refractivity contribution in [3.05, 3.63) is 21.9 Å². The summed E-state index contributed by atoms with van der Waals surface area (Å²) in [6.45, 7) is 2.09. The highest BCUT2D eigenvalue weighted by molar-refractivity contribution is 7.10. The number of amides is 2. The van der Waals surface area contributed by atoms with Crippen LogP contribution in [0.25, 0.3) is 0 Å². The lowest BCUT2D eigenvalue weighted by atomic mass is 10.0. The number of carboxylic acids is 1. The van der Waals surface area contributed by atoms with Crippen molar-refractivity contribution >= 4 is 23.3 Å². The van der Waals surface area contributed by atoms with Crippen LogP contribution in [-0.2, 0) is 17.8 Å². The molecule has 1 aromatic rings. The summed E-state index contributed by atoms with van der Waals surface area (Å²) in [5.74, 6) is -1.19. The summed E-state index contributed by atoms with van der Waals surface area (Å²) < 4.78 is 0. The molecule has 96 valence electrons. The van der Waals surface area contributed by atoms with Gasteiger partial charge < -0.3 is 14.9 Å². The van der Waals surface area contributed by atoms with Gasteiger partial charge in [0.15, 0.2) is 0 Å². The Morgan fingerprint density at radius 1 is 1.33 bits per heavy atom. The van der Waals surface area contributed by atoms with E-state index in [1.165, 1.54) is 10.4 Å². The molecular weight excluding hydrogens is 252 g/mol. The molecule has 0 spiro atoms. The van der Waals surface area contributed by atoms with Gasteiger partial charge in [-0.05, 0) is 23.4 Å². The molecule has 1 aromatic heterocycles. The lowest BCUT2D eigenvalue weighted by molar-refractivity contribution is -0.146. The van der Waals surface area contributed by atoms with Crippen molar-refractivity contribution in [2.45, 2.75) is 13.0 Å². The minimum absolute atomic E-state index is 0.0237. The Morgan fingerprint density at radius 3 is 2.83 bits per heavy atom. The molecule has 2 aliphatic rings. The molecule has 0 aromatic carbocycles. The summed E-state index contributed by atoms with van der Waals surface area (Å²) >= 11 is 1.74. The Kier molecular flexibility index (Phi) is 2.74. The highest BCUT2D eigenvalue weighted by Gasteiger charge is 2.38. The smallest absolute Gasteiger partial charge is 0.320 e. The molecule has 3 heterocycles. The Hall–Kier alpha value is -1.56. The van der Waals surface area contributed by atoms with Crippen molar-refractivity contribution in [3.63, 3.8) is 0 Å². The number of carboxylic acid groups (broad SMARTS) is 1. The summed E-state index contributed by atoms with van der Waals surface area (Å²) in [6.07, 6.45) is 0.912. The minimum atomic E-state index is -0.808. The van der Waals surface area contributed by atoms with Gasteiger partial charge in [0, 0.05) is 31.1 Å². The van der Waals surface area contributed by atoms with Crippen LogP contribution in [0, 0.1) is 5.92 Å². The largest absolute Gasteiger partial charge is 0.481 e. The number of carbonyl (C=O) groups is 2. The van der Waals surface area contributed by atoms with Gasteiger partial charge in [0.2, 0.25) is 0 Å². The zero-order valence-electron chi connectivity index (χ0n) is 9.83. The number of fused-ring (bicyclic) bond motifs is 1. The minimum Gasteiger partial charge on any atom is -0.481 e. The molecule has 0 radical (unpaired) electrons. The van der Waals surface area contributed by atoms with E-state index < -0.39 is 5.97 Å². The summed E-state index contributed by atoms with van der Waals surface area (Å²) in [6, 6.07) is 2.04. The Labute approximate surface area is 109 Å². The van der Waals surface area contributed by atoms with E-state index in [9.17, 15) is 9.59 Å². The van der Waals surface area contributed by atoms with E-state index in [0.717, 1.165) is 13.0 Å². The third-order valence-corrected chi connectivity index (χ3v) is 4.60. The topological polar surface area (TPSA) is 60.9 Å². The van der Waals surface area contributed by atoms with Gasteiger partial charge in [0.1, 0.15) is 0 Å². The number of urea groups is 1. The van der Waals surface area contributed by atoms with Crippen LogP contribution in [-0.4, -0.2) is 46.5 Å². The zero-order chi connectivity index (χ0) is 12.7. The maximum atomic E-state index is 12.1. The van der Waals surface area contributed by atoms with Crippen LogP contribution in [0.3, 0.4) is 0 Å². The lowest BCUT2D eigenvalue weighted by Gasteiger charge is -2.40. The first kappa shape index (κ1) is 11.5. The molecule has 0 bridgehead atoms. The molecule has 18 heavy (non-hydrogen) atoms. The lowest BCUT2D eigenvalue weighted by Crippen LogP contribution is -2.57. The van der Waals surface area contributed by atoms with E-state index in [1.807, 2.05) is 4.90 Å². The van der Waals surface area contributed by atoms with E-state index >= 15 is 0 Å². The number of hydrogen-bond acceptors (Lipinski definition) is 3. The van der Waals surface area contributed by atoms with Crippen LogP contribution in [0.2, 0.25) is 0 Å². The number of hydrogen-bond donors (Lipinski definition) is 1. The number of nitrogens with zero attached hydrogens (tertiary/aromatic N) is 2. The molecule has 1 saturated heterocycles. The quantitative estimate of drug-likeness (QED) is 0.832. The van der Waals surface area contributed by atoms with Gasteiger partial charge in [-0.2, -0.15) is 0 Å². The second kappa shape index (κ2) is 4.28. The number of rotatable bonds is 1. The molecule has 0 aliphatic carbocycles. The third-order valence-electron chi connectivity index (χ3n) is 3.58. The van der Waals surface area contributed by atoms with Crippen molar-refractivity contribution in [2.24, 2.45) is 5.92 Å². The van der Waals surface area contributed by atoms with Gasteiger partial charge >= 0.3 is 12.0 Å². The molecule has 1 fully saturated rings. The summed E-state index contributed by atoms with van der Waals surface area (Å²) in [5, 5.41) is 10.9. The first-order chi connectivity index (χ1) is 8.65. The molecule has 1 N–H and O–H groups in total. The van der Waals surface area contributed by atoms with Crippen LogP contribution < -0.4 is 0 Å². The van der Waals surface area contributed by atoms with Gasteiger partial charge in [-0.25, -0.2) is 4.79 Å². The van der Waals surface area contributed by atoms with Crippen molar-refractivity contribution in [1.82, 2.24) is 9.80 Å². The Morgan fingerprint density at radius 2 is 2.11 bits per heavy atom. The fourth-order valence-electron chi connectivity index (χ4n) is 2.40. The maximum Gasteiger partial charge on any atom is 0.320 e. The van der Waals surface area contributed by atoms with Gasteiger partial charge in [-0.1, -0.05) is 0 Å². The number of thiophene rings is 1. The summed E-state index contributed by atoms with van der Waals surface area (Å²) in [7, 11) is 0. The van der Waals surface area contributed by atoms with Crippen molar-refractivity contribution < 1.29 is 14.7 Å². The van der Waals surface area contributed by atoms with E-state index in [2.05, 4.69) is 11.4 Å². The first-order valence-electron chi connectivity index (χ1n) is 5.97. The molecule has 2 amide bonds.